The van der Waals surface area contributed by atoms with Crippen LogP contribution in [0, 0.1) is 24.2 Å². The van der Waals surface area contributed by atoms with Crippen molar-refractivity contribution < 1.29 is 23.8 Å². The van der Waals surface area contributed by atoms with Gasteiger partial charge in [0.15, 0.2) is 0 Å². The predicted molar refractivity (Wildman–Crippen MR) is 132 cm³/mol. The molecule has 2 aromatic rings. The molecule has 0 radical (unpaired) electrons. The Balaban J connectivity index is 1.13. The lowest BCUT2D eigenvalue weighted by atomic mass is 9.55. The van der Waals surface area contributed by atoms with Gasteiger partial charge in [0.1, 0.15) is 30.0 Å². The van der Waals surface area contributed by atoms with E-state index < -0.39 is 0 Å². The van der Waals surface area contributed by atoms with Crippen LogP contribution in [0.25, 0.3) is 0 Å². The number of carbonyl (C=O) groups is 2. The molecule has 4 aliphatic rings. The minimum atomic E-state index is -0.325. The Bertz CT molecular complexity index is 1200. The van der Waals surface area contributed by atoms with E-state index in [1.54, 1.807) is 0 Å². The summed E-state index contributed by atoms with van der Waals surface area (Å²) >= 11 is 0. The predicted octanol–water partition coefficient (Wildman–Crippen LogP) is 5.59. The Morgan fingerprint density at radius 3 is 2.80 bits per heavy atom. The summed E-state index contributed by atoms with van der Waals surface area (Å²) in [6.07, 6.45) is 6.90. The molecule has 5 atom stereocenters. The van der Waals surface area contributed by atoms with E-state index in [1.165, 1.54) is 24.7 Å². The van der Waals surface area contributed by atoms with Crippen LogP contribution in [-0.2, 0) is 22.4 Å². The van der Waals surface area contributed by atoms with Crippen LogP contribution < -0.4 is 9.47 Å². The van der Waals surface area contributed by atoms with Gasteiger partial charge in [0.2, 0.25) is 0 Å². The molecule has 5 heteroatoms. The first-order valence-electron chi connectivity index (χ1n) is 13.0. The van der Waals surface area contributed by atoms with E-state index >= 15 is 0 Å². The van der Waals surface area contributed by atoms with Crippen LogP contribution in [0.5, 0.6) is 11.5 Å². The summed E-state index contributed by atoms with van der Waals surface area (Å²) in [5.74, 6) is 3.71. The fourth-order valence-corrected chi connectivity index (χ4v) is 7.56. The highest BCUT2D eigenvalue weighted by molar-refractivity contribution is 5.90. The van der Waals surface area contributed by atoms with Gasteiger partial charge in [-0.05, 0) is 103 Å². The fraction of sp³-hybridized carbons (Fsp3) is 0.533. The second-order valence-electron chi connectivity index (χ2n) is 11.2. The normalized spacial score (nSPS) is 30.5. The number of aryl methyl sites for hydroxylation is 2. The minimum Gasteiger partial charge on any atom is -0.490 e. The molecule has 184 valence electrons. The van der Waals surface area contributed by atoms with Crippen LogP contribution in [0.3, 0.4) is 0 Å². The molecule has 2 fully saturated rings. The smallest absolute Gasteiger partial charge is 0.337 e. The van der Waals surface area contributed by atoms with E-state index in [0.29, 0.717) is 42.1 Å². The van der Waals surface area contributed by atoms with E-state index in [9.17, 15) is 9.59 Å². The number of Topliss-reactive ketones (excluding diaryl/α,β-unsaturated/α-hetero) is 1. The van der Waals surface area contributed by atoms with Crippen LogP contribution in [0.1, 0.15) is 77.6 Å². The van der Waals surface area contributed by atoms with Gasteiger partial charge >= 0.3 is 5.97 Å². The molecule has 0 N–H and O–H groups in total. The molecule has 3 aliphatic carbocycles. The maximum absolute atomic E-state index is 12.6. The summed E-state index contributed by atoms with van der Waals surface area (Å²) in [7, 11) is 1.40. The maximum Gasteiger partial charge on any atom is 0.337 e. The van der Waals surface area contributed by atoms with Crippen molar-refractivity contribution in [3.8, 4) is 11.5 Å². The number of ketones is 1. The summed E-state index contributed by atoms with van der Waals surface area (Å²) in [4.78, 5) is 24.5. The molecule has 1 heterocycles. The molecule has 2 saturated carbocycles. The monoisotopic (exact) mass is 474 g/mol. The first kappa shape index (κ1) is 22.6. The van der Waals surface area contributed by atoms with E-state index in [0.717, 1.165) is 54.7 Å². The molecule has 6 rings (SSSR count). The van der Waals surface area contributed by atoms with Crippen LogP contribution in [0.15, 0.2) is 30.3 Å². The van der Waals surface area contributed by atoms with E-state index in [1.807, 2.05) is 19.1 Å². The first-order chi connectivity index (χ1) is 16.9. The molecule has 1 aliphatic heterocycles. The van der Waals surface area contributed by atoms with Crippen molar-refractivity contribution in [1.29, 1.82) is 0 Å². The Kier molecular flexibility index (Phi) is 5.43. The molecular weight excluding hydrogens is 440 g/mol. The third kappa shape index (κ3) is 3.66. The van der Waals surface area contributed by atoms with Gasteiger partial charge in [-0.1, -0.05) is 13.0 Å². The van der Waals surface area contributed by atoms with E-state index in [-0.39, 0.29) is 17.5 Å². The molecule has 0 saturated heterocycles. The maximum atomic E-state index is 12.6. The van der Waals surface area contributed by atoms with Gasteiger partial charge in [-0.15, -0.1) is 0 Å². The quantitative estimate of drug-likeness (QED) is 0.541. The Morgan fingerprint density at radius 2 is 1.97 bits per heavy atom. The van der Waals surface area contributed by atoms with Crippen molar-refractivity contribution in [2.24, 2.45) is 17.3 Å². The van der Waals surface area contributed by atoms with Crippen molar-refractivity contribution in [1.82, 2.24) is 0 Å². The van der Waals surface area contributed by atoms with Gasteiger partial charge in [-0.2, -0.15) is 0 Å². The van der Waals surface area contributed by atoms with Crippen LogP contribution >= 0.6 is 0 Å². The Morgan fingerprint density at radius 1 is 1.11 bits per heavy atom. The third-order valence-electron chi connectivity index (χ3n) is 9.35. The molecule has 0 bridgehead atoms. The number of rotatable bonds is 4. The number of esters is 1. The highest BCUT2D eigenvalue weighted by Crippen LogP contribution is 2.59. The second kappa shape index (κ2) is 8.39. The molecule has 0 spiro atoms. The zero-order chi connectivity index (χ0) is 24.3. The highest BCUT2D eigenvalue weighted by atomic mass is 16.5. The number of hydrogen-bond acceptors (Lipinski definition) is 5. The van der Waals surface area contributed by atoms with Crippen LogP contribution in [0.2, 0.25) is 0 Å². The lowest BCUT2D eigenvalue weighted by molar-refractivity contribution is -0.129. The number of fused-ring (bicyclic) bond motifs is 6. The summed E-state index contributed by atoms with van der Waals surface area (Å²) < 4.78 is 17.2. The van der Waals surface area contributed by atoms with Crippen molar-refractivity contribution in [3.05, 3.63) is 58.1 Å². The van der Waals surface area contributed by atoms with Gasteiger partial charge in [-0.3, -0.25) is 4.79 Å². The topological polar surface area (TPSA) is 61.8 Å². The average Bonchev–Trinajstić information content (AvgIpc) is 3.42. The second-order valence-corrected chi connectivity index (χ2v) is 11.2. The minimum absolute atomic E-state index is 0.0729. The van der Waals surface area contributed by atoms with Gasteiger partial charge in [0, 0.05) is 18.3 Å². The Hall–Kier alpha value is -2.82. The van der Waals surface area contributed by atoms with Crippen LogP contribution in [0.4, 0.5) is 0 Å². The molecular formula is C30H34O5. The highest BCUT2D eigenvalue weighted by Gasteiger charge is 2.54. The van der Waals surface area contributed by atoms with E-state index in [2.05, 4.69) is 25.1 Å². The fourth-order valence-electron chi connectivity index (χ4n) is 7.56. The zero-order valence-corrected chi connectivity index (χ0v) is 20.9. The molecule has 0 amide bonds. The summed E-state index contributed by atoms with van der Waals surface area (Å²) in [6.45, 7) is 4.66. The third-order valence-corrected chi connectivity index (χ3v) is 9.35. The Labute approximate surface area is 207 Å². The number of ether oxygens (including phenoxy) is 3. The lowest BCUT2D eigenvalue weighted by Gasteiger charge is -2.48. The van der Waals surface area contributed by atoms with Gasteiger partial charge in [-0.25, -0.2) is 4.79 Å². The van der Waals surface area contributed by atoms with E-state index in [4.69, 9.17) is 14.2 Å². The first-order valence-corrected chi connectivity index (χ1v) is 13.0. The molecule has 35 heavy (non-hydrogen) atoms. The molecule has 1 unspecified atom stereocenters. The SMILES string of the molecule is COC(=O)c1cc(C)c2c(c1)CC(COc1ccc3c(c1)CC[C@@H]1[C@@H]3CC[C@]3(C)C(=O)CC[C@@H]13)O2. The number of benzene rings is 2. The molecule has 5 nitrogen and oxygen atoms in total. The molecule has 0 aromatic heterocycles. The summed E-state index contributed by atoms with van der Waals surface area (Å²) in [5, 5.41) is 0. The summed E-state index contributed by atoms with van der Waals surface area (Å²) in [5.41, 5.74) is 5.35. The van der Waals surface area contributed by atoms with Gasteiger partial charge in [0.05, 0.1) is 12.7 Å². The zero-order valence-electron chi connectivity index (χ0n) is 20.9. The molecule has 2 aromatic carbocycles. The van der Waals surface area contributed by atoms with Crippen molar-refractivity contribution >= 4 is 11.8 Å². The number of methoxy groups -OCH3 is 1. The standard InChI is InChI=1S/C30H34O5/c1-17-12-20(29(32)33-3)13-19-15-22(35-28(17)19)16-34-21-5-7-23-18(14-21)4-6-25-24(23)10-11-30(2)26(25)8-9-27(30)31/h5,7,12-14,22,24-26H,4,6,8-11,15-16H2,1-3H3/t22?,24-,25-,26+,30+/m1/s1. The number of carbonyl (C=O) groups excluding carboxylic acids is 2. The average molecular weight is 475 g/mol. The van der Waals surface area contributed by atoms with Crippen LogP contribution in [-0.4, -0.2) is 31.6 Å². The van der Waals surface area contributed by atoms with Gasteiger partial charge < -0.3 is 14.2 Å². The van der Waals surface area contributed by atoms with Gasteiger partial charge in [0.25, 0.3) is 0 Å². The largest absolute Gasteiger partial charge is 0.490 e. The lowest BCUT2D eigenvalue weighted by Crippen LogP contribution is -2.42. The van der Waals surface area contributed by atoms with Crippen molar-refractivity contribution in [2.75, 3.05) is 13.7 Å². The summed E-state index contributed by atoms with van der Waals surface area (Å²) in [6, 6.07) is 10.3. The number of hydrogen-bond donors (Lipinski definition) is 0. The van der Waals surface area contributed by atoms with Crippen molar-refractivity contribution in [3.63, 3.8) is 0 Å². The van der Waals surface area contributed by atoms with Crippen molar-refractivity contribution in [2.45, 2.75) is 70.8 Å².